The van der Waals surface area contributed by atoms with Gasteiger partial charge in [-0.15, -0.1) is 0 Å². The summed E-state index contributed by atoms with van der Waals surface area (Å²) in [6.45, 7) is 6.72. The second-order valence-corrected chi connectivity index (χ2v) is 7.26. The topological polar surface area (TPSA) is 61.4 Å². The van der Waals surface area contributed by atoms with Crippen LogP contribution in [0.5, 0.6) is 0 Å². The second kappa shape index (κ2) is 8.35. The van der Waals surface area contributed by atoms with Crippen molar-refractivity contribution in [2.75, 3.05) is 31.5 Å². The van der Waals surface area contributed by atoms with Gasteiger partial charge in [0.25, 0.3) is 0 Å². The molecule has 1 amide bonds. The van der Waals surface area contributed by atoms with Crippen molar-refractivity contribution in [2.45, 2.75) is 20.0 Å². The van der Waals surface area contributed by atoms with E-state index in [1.165, 1.54) is 11.1 Å². The highest BCUT2D eigenvalue weighted by Crippen LogP contribution is 2.21. The van der Waals surface area contributed by atoms with E-state index in [-0.39, 0.29) is 0 Å². The zero-order valence-electron chi connectivity index (χ0n) is 16.1. The highest BCUT2D eigenvalue weighted by atomic mass is 16.1. The molecule has 1 N–H and O–H groups in total. The number of rotatable bonds is 6. The number of carbonyl (C=O) groups is 1. The van der Waals surface area contributed by atoms with Crippen LogP contribution in [-0.2, 0) is 17.9 Å². The molecule has 2 heterocycles. The number of hydrogen-bond donors (Lipinski definition) is 1. The summed E-state index contributed by atoms with van der Waals surface area (Å²) in [7, 11) is 0. The maximum atomic E-state index is 10.9. The molecule has 0 radical (unpaired) electrons. The van der Waals surface area contributed by atoms with E-state index in [4.69, 9.17) is 9.97 Å². The number of nitrogens with zero attached hydrogens (tertiary/aromatic N) is 4. The van der Waals surface area contributed by atoms with Crippen LogP contribution in [0.25, 0.3) is 10.9 Å². The largest absolute Gasteiger partial charge is 0.365 e. The zero-order chi connectivity index (χ0) is 19.3. The third-order valence-corrected chi connectivity index (χ3v) is 5.15. The van der Waals surface area contributed by atoms with Gasteiger partial charge in [-0.05, 0) is 24.6 Å². The standard InChI is InChI=1S/C22H25N5O/c1-17-6-8-18(9-7-17)14-23-22-19-4-2-3-5-20(19)24-21(25-22)15-26-10-12-27(16-28)13-11-26/h2-9,16H,10-15H2,1H3,(H,23,24,25). The van der Waals surface area contributed by atoms with Crippen LogP contribution in [-0.4, -0.2) is 52.4 Å². The Kier molecular flexibility index (Phi) is 5.48. The Morgan fingerprint density at radius 3 is 2.50 bits per heavy atom. The predicted octanol–water partition coefficient (Wildman–Crippen LogP) is 2.82. The summed E-state index contributed by atoms with van der Waals surface area (Å²) in [6, 6.07) is 16.6. The fraction of sp³-hybridized carbons (Fsp3) is 0.318. The Hall–Kier alpha value is -2.99. The van der Waals surface area contributed by atoms with Crippen LogP contribution in [0.1, 0.15) is 17.0 Å². The van der Waals surface area contributed by atoms with Crippen LogP contribution in [0, 0.1) is 6.92 Å². The number of aryl methyl sites for hydroxylation is 1. The van der Waals surface area contributed by atoms with Crippen LogP contribution in [0.15, 0.2) is 48.5 Å². The maximum absolute atomic E-state index is 10.9. The molecule has 0 saturated carbocycles. The number of fused-ring (bicyclic) bond motifs is 1. The summed E-state index contributed by atoms with van der Waals surface area (Å²) in [5.74, 6) is 1.68. The van der Waals surface area contributed by atoms with Crippen molar-refractivity contribution >= 4 is 23.1 Å². The molecule has 1 aliphatic heterocycles. The lowest BCUT2D eigenvalue weighted by Gasteiger charge is -2.32. The Balaban J connectivity index is 1.53. The Morgan fingerprint density at radius 2 is 1.75 bits per heavy atom. The van der Waals surface area contributed by atoms with Crippen molar-refractivity contribution in [1.29, 1.82) is 0 Å². The van der Waals surface area contributed by atoms with Crippen molar-refractivity contribution < 1.29 is 4.79 Å². The SMILES string of the molecule is Cc1ccc(CNc2nc(CN3CCN(C=O)CC3)nc3ccccc23)cc1. The number of carbonyl (C=O) groups excluding carboxylic acids is 1. The average molecular weight is 375 g/mol. The fourth-order valence-electron chi connectivity index (χ4n) is 3.45. The summed E-state index contributed by atoms with van der Waals surface area (Å²) in [5.41, 5.74) is 3.43. The number of hydrogen-bond acceptors (Lipinski definition) is 5. The van der Waals surface area contributed by atoms with Gasteiger partial charge in [0.15, 0.2) is 0 Å². The highest BCUT2D eigenvalue weighted by Gasteiger charge is 2.17. The summed E-state index contributed by atoms with van der Waals surface area (Å²) in [4.78, 5) is 24.6. The zero-order valence-corrected chi connectivity index (χ0v) is 16.1. The fourth-order valence-corrected chi connectivity index (χ4v) is 3.45. The van der Waals surface area contributed by atoms with Gasteiger partial charge in [-0.3, -0.25) is 9.69 Å². The first-order chi connectivity index (χ1) is 13.7. The normalized spacial score (nSPS) is 15.0. The van der Waals surface area contributed by atoms with Crippen molar-refractivity contribution in [3.8, 4) is 0 Å². The minimum absolute atomic E-state index is 0.691. The molecule has 6 heteroatoms. The molecule has 28 heavy (non-hydrogen) atoms. The van der Waals surface area contributed by atoms with Gasteiger partial charge in [-0.1, -0.05) is 42.0 Å². The van der Waals surface area contributed by atoms with E-state index in [1.54, 1.807) is 0 Å². The first-order valence-corrected chi connectivity index (χ1v) is 9.68. The lowest BCUT2D eigenvalue weighted by atomic mass is 10.1. The van der Waals surface area contributed by atoms with Gasteiger partial charge in [0.05, 0.1) is 12.1 Å². The Bertz CT molecular complexity index is 949. The van der Waals surface area contributed by atoms with Gasteiger partial charge in [-0.25, -0.2) is 9.97 Å². The molecule has 0 bridgehead atoms. The van der Waals surface area contributed by atoms with Crippen LogP contribution in [0.4, 0.5) is 5.82 Å². The van der Waals surface area contributed by atoms with E-state index < -0.39 is 0 Å². The van der Waals surface area contributed by atoms with Crippen molar-refractivity contribution in [3.05, 3.63) is 65.5 Å². The van der Waals surface area contributed by atoms with Gasteiger partial charge in [0, 0.05) is 38.1 Å². The third kappa shape index (κ3) is 4.28. The molecule has 1 aromatic heterocycles. The van der Waals surface area contributed by atoms with Gasteiger partial charge in [-0.2, -0.15) is 0 Å². The summed E-state index contributed by atoms with van der Waals surface area (Å²) >= 11 is 0. The molecule has 0 unspecified atom stereocenters. The molecule has 4 rings (SSSR count). The number of piperazine rings is 1. The van der Waals surface area contributed by atoms with Crippen LogP contribution < -0.4 is 5.32 Å². The molecule has 144 valence electrons. The van der Waals surface area contributed by atoms with Gasteiger partial charge < -0.3 is 10.2 Å². The lowest BCUT2D eigenvalue weighted by molar-refractivity contribution is -0.119. The van der Waals surface area contributed by atoms with Crippen LogP contribution in [0.2, 0.25) is 0 Å². The first-order valence-electron chi connectivity index (χ1n) is 9.68. The van der Waals surface area contributed by atoms with E-state index in [9.17, 15) is 4.79 Å². The van der Waals surface area contributed by atoms with E-state index in [0.717, 1.165) is 61.7 Å². The smallest absolute Gasteiger partial charge is 0.209 e. The Labute approximate surface area is 165 Å². The number of nitrogens with one attached hydrogen (secondary N) is 1. The molecule has 6 nitrogen and oxygen atoms in total. The first kappa shape index (κ1) is 18.4. The van der Waals surface area contributed by atoms with Crippen LogP contribution >= 0.6 is 0 Å². The number of amides is 1. The molecule has 0 atom stereocenters. The van der Waals surface area contributed by atoms with Crippen LogP contribution in [0.3, 0.4) is 0 Å². The van der Waals surface area contributed by atoms with E-state index in [1.807, 2.05) is 23.1 Å². The number of para-hydroxylation sites is 1. The minimum Gasteiger partial charge on any atom is -0.365 e. The lowest BCUT2D eigenvalue weighted by Crippen LogP contribution is -2.45. The number of benzene rings is 2. The van der Waals surface area contributed by atoms with Crippen molar-refractivity contribution in [3.63, 3.8) is 0 Å². The summed E-state index contributed by atoms with van der Waals surface area (Å²) in [6.07, 6.45) is 0.928. The molecule has 1 fully saturated rings. The predicted molar refractivity (Wildman–Crippen MR) is 111 cm³/mol. The average Bonchev–Trinajstić information content (AvgIpc) is 2.74. The monoisotopic (exact) mass is 375 g/mol. The summed E-state index contributed by atoms with van der Waals surface area (Å²) in [5, 5.41) is 4.52. The van der Waals surface area contributed by atoms with Gasteiger partial charge in [0.2, 0.25) is 6.41 Å². The molecular weight excluding hydrogens is 350 g/mol. The van der Waals surface area contributed by atoms with E-state index in [0.29, 0.717) is 6.54 Å². The molecule has 1 saturated heterocycles. The molecular formula is C22H25N5O. The Morgan fingerprint density at radius 1 is 1.00 bits per heavy atom. The molecule has 0 aliphatic carbocycles. The maximum Gasteiger partial charge on any atom is 0.209 e. The van der Waals surface area contributed by atoms with Gasteiger partial charge in [0.1, 0.15) is 11.6 Å². The van der Waals surface area contributed by atoms with E-state index in [2.05, 4.69) is 47.5 Å². The molecule has 2 aromatic carbocycles. The molecule has 3 aromatic rings. The second-order valence-electron chi connectivity index (χ2n) is 7.26. The van der Waals surface area contributed by atoms with E-state index >= 15 is 0 Å². The number of aromatic nitrogens is 2. The summed E-state index contributed by atoms with van der Waals surface area (Å²) < 4.78 is 0. The molecule has 0 spiro atoms. The third-order valence-electron chi connectivity index (χ3n) is 5.15. The quantitative estimate of drug-likeness (QED) is 0.672. The van der Waals surface area contributed by atoms with Crippen molar-refractivity contribution in [1.82, 2.24) is 19.8 Å². The van der Waals surface area contributed by atoms with Gasteiger partial charge >= 0.3 is 0 Å². The molecule has 1 aliphatic rings. The van der Waals surface area contributed by atoms with Crippen molar-refractivity contribution in [2.24, 2.45) is 0 Å². The number of anilines is 1. The minimum atomic E-state index is 0.691. The highest BCUT2D eigenvalue weighted by molar-refractivity contribution is 5.88.